The SMILES string of the molecule is CN(c1cccnc1)S(=O)(=O)c1cccc(C#CCO)c1. The van der Waals surface area contributed by atoms with Crippen molar-refractivity contribution in [2.45, 2.75) is 4.90 Å². The molecule has 0 aliphatic rings. The Kier molecular flexibility index (Phi) is 4.58. The minimum atomic E-state index is -3.68. The fourth-order valence-electron chi connectivity index (χ4n) is 1.71. The summed E-state index contributed by atoms with van der Waals surface area (Å²) in [7, 11) is -2.21. The molecule has 5 nitrogen and oxygen atoms in total. The Morgan fingerprint density at radius 3 is 2.76 bits per heavy atom. The first kappa shape index (κ1) is 15.0. The van der Waals surface area contributed by atoms with E-state index in [2.05, 4.69) is 16.8 Å². The molecule has 21 heavy (non-hydrogen) atoms. The molecular weight excluding hydrogens is 288 g/mol. The molecule has 2 rings (SSSR count). The summed E-state index contributed by atoms with van der Waals surface area (Å²) >= 11 is 0. The monoisotopic (exact) mass is 302 g/mol. The summed E-state index contributed by atoms with van der Waals surface area (Å²) in [6, 6.07) is 9.62. The Labute approximate surface area is 123 Å². The van der Waals surface area contributed by atoms with Crippen LogP contribution in [0.5, 0.6) is 0 Å². The van der Waals surface area contributed by atoms with Crippen LogP contribution in [-0.2, 0) is 10.0 Å². The molecule has 1 N–H and O–H groups in total. The number of hydrogen-bond acceptors (Lipinski definition) is 4. The second-order valence-corrected chi connectivity index (χ2v) is 6.14. The van der Waals surface area contributed by atoms with Crippen molar-refractivity contribution in [3.8, 4) is 11.8 Å². The van der Waals surface area contributed by atoms with E-state index < -0.39 is 10.0 Å². The number of anilines is 1. The molecule has 6 heteroatoms. The van der Waals surface area contributed by atoms with Gasteiger partial charge >= 0.3 is 0 Å². The third-order valence-electron chi connectivity index (χ3n) is 2.81. The fourth-order valence-corrected chi connectivity index (χ4v) is 2.94. The number of benzene rings is 1. The summed E-state index contributed by atoms with van der Waals surface area (Å²) in [5.74, 6) is 5.18. The normalized spacial score (nSPS) is 10.6. The van der Waals surface area contributed by atoms with E-state index in [4.69, 9.17) is 5.11 Å². The van der Waals surface area contributed by atoms with Crippen LogP contribution < -0.4 is 4.31 Å². The molecule has 0 saturated carbocycles. The second-order valence-electron chi connectivity index (χ2n) is 4.17. The van der Waals surface area contributed by atoms with Gasteiger partial charge in [-0.15, -0.1) is 0 Å². The van der Waals surface area contributed by atoms with Crippen molar-refractivity contribution in [1.29, 1.82) is 0 Å². The maximum absolute atomic E-state index is 12.6. The van der Waals surface area contributed by atoms with Gasteiger partial charge in [-0.1, -0.05) is 17.9 Å². The predicted molar refractivity (Wildman–Crippen MR) is 80.2 cm³/mol. The van der Waals surface area contributed by atoms with Crippen molar-refractivity contribution < 1.29 is 13.5 Å². The van der Waals surface area contributed by atoms with Gasteiger partial charge in [0.25, 0.3) is 10.0 Å². The number of aromatic nitrogens is 1. The highest BCUT2D eigenvalue weighted by Gasteiger charge is 2.21. The van der Waals surface area contributed by atoms with E-state index >= 15 is 0 Å². The van der Waals surface area contributed by atoms with Crippen molar-refractivity contribution in [3.63, 3.8) is 0 Å². The summed E-state index contributed by atoms with van der Waals surface area (Å²) in [4.78, 5) is 4.05. The molecule has 0 aliphatic carbocycles. The second kappa shape index (κ2) is 6.39. The van der Waals surface area contributed by atoms with Gasteiger partial charge in [0.15, 0.2) is 0 Å². The maximum Gasteiger partial charge on any atom is 0.264 e. The number of sulfonamides is 1. The standard InChI is InChI=1S/C15H14N2O3S/c1-17(14-7-3-9-16-12-14)21(19,20)15-8-2-5-13(11-15)6-4-10-18/h2-3,5,7-9,11-12,18H,10H2,1H3. The maximum atomic E-state index is 12.6. The molecule has 0 amide bonds. The third-order valence-corrected chi connectivity index (χ3v) is 4.60. The zero-order valence-electron chi connectivity index (χ0n) is 11.4. The Morgan fingerprint density at radius 2 is 2.10 bits per heavy atom. The lowest BCUT2D eigenvalue weighted by atomic mass is 10.2. The molecule has 1 heterocycles. The van der Waals surface area contributed by atoms with Gasteiger partial charge in [0.2, 0.25) is 0 Å². The minimum Gasteiger partial charge on any atom is -0.384 e. The summed E-state index contributed by atoms with van der Waals surface area (Å²) in [5, 5.41) is 8.69. The van der Waals surface area contributed by atoms with Gasteiger partial charge in [-0.05, 0) is 30.3 Å². The van der Waals surface area contributed by atoms with Crippen LogP contribution in [0.15, 0.2) is 53.7 Å². The quantitative estimate of drug-likeness (QED) is 0.866. The molecule has 1 aromatic carbocycles. The lowest BCUT2D eigenvalue weighted by Crippen LogP contribution is -2.26. The van der Waals surface area contributed by atoms with Crippen molar-refractivity contribution in [2.75, 3.05) is 18.0 Å². The molecular formula is C15H14N2O3S. The van der Waals surface area contributed by atoms with E-state index in [1.54, 1.807) is 30.5 Å². The molecule has 0 spiro atoms. The number of hydrogen-bond donors (Lipinski definition) is 1. The van der Waals surface area contributed by atoms with E-state index in [1.165, 1.54) is 29.7 Å². The Hall–Kier alpha value is -2.36. The number of nitrogens with zero attached hydrogens (tertiary/aromatic N) is 2. The van der Waals surface area contributed by atoms with E-state index in [1.807, 2.05) is 0 Å². The van der Waals surface area contributed by atoms with Crippen LogP contribution >= 0.6 is 0 Å². The average Bonchev–Trinajstić information content (AvgIpc) is 2.53. The van der Waals surface area contributed by atoms with E-state index in [0.717, 1.165) is 0 Å². The average molecular weight is 302 g/mol. The minimum absolute atomic E-state index is 0.138. The lowest BCUT2D eigenvalue weighted by Gasteiger charge is -2.19. The van der Waals surface area contributed by atoms with Crippen LogP contribution in [0.2, 0.25) is 0 Å². The fraction of sp³-hybridized carbons (Fsp3) is 0.133. The van der Waals surface area contributed by atoms with Gasteiger partial charge in [0.1, 0.15) is 6.61 Å². The molecule has 1 aromatic heterocycles. The summed E-state index contributed by atoms with van der Waals surface area (Å²) in [6.07, 6.45) is 3.06. The van der Waals surface area contributed by atoms with E-state index in [9.17, 15) is 8.42 Å². The molecule has 0 radical (unpaired) electrons. The summed E-state index contributed by atoms with van der Waals surface area (Å²) in [5.41, 5.74) is 1.01. The molecule has 0 atom stereocenters. The molecule has 0 saturated heterocycles. The third kappa shape index (κ3) is 3.40. The molecule has 0 aliphatic heterocycles. The largest absolute Gasteiger partial charge is 0.384 e. The molecule has 108 valence electrons. The van der Waals surface area contributed by atoms with Crippen molar-refractivity contribution in [1.82, 2.24) is 4.98 Å². The highest BCUT2D eigenvalue weighted by Crippen LogP contribution is 2.21. The Balaban J connectivity index is 2.40. The number of pyridine rings is 1. The highest BCUT2D eigenvalue weighted by molar-refractivity contribution is 7.92. The van der Waals surface area contributed by atoms with E-state index in [0.29, 0.717) is 11.3 Å². The first-order chi connectivity index (χ1) is 10.1. The van der Waals surface area contributed by atoms with Crippen LogP contribution in [0.4, 0.5) is 5.69 Å². The van der Waals surface area contributed by atoms with Gasteiger partial charge in [0, 0.05) is 18.8 Å². The van der Waals surface area contributed by atoms with Crippen molar-refractivity contribution in [2.24, 2.45) is 0 Å². The smallest absolute Gasteiger partial charge is 0.264 e. The zero-order chi connectivity index (χ0) is 15.3. The van der Waals surface area contributed by atoms with Crippen LogP contribution in [0.25, 0.3) is 0 Å². The number of aliphatic hydroxyl groups is 1. The molecule has 0 unspecified atom stereocenters. The van der Waals surface area contributed by atoms with Gasteiger partial charge in [-0.2, -0.15) is 0 Å². The zero-order valence-corrected chi connectivity index (χ0v) is 12.2. The summed E-state index contributed by atoms with van der Waals surface area (Å²) in [6.45, 7) is -0.271. The number of aliphatic hydroxyl groups excluding tert-OH is 1. The predicted octanol–water partition coefficient (Wildman–Crippen LogP) is 1.25. The van der Waals surface area contributed by atoms with Crippen molar-refractivity contribution >= 4 is 15.7 Å². The van der Waals surface area contributed by atoms with Crippen LogP contribution in [-0.4, -0.2) is 32.2 Å². The highest BCUT2D eigenvalue weighted by atomic mass is 32.2. The number of rotatable bonds is 3. The molecule has 0 fully saturated rings. The van der Waals surface area contributed by atoms with Gasteiger partial charge in [-0.25, -0.2) is 8.42 Å². The van der Waals surface area contributed by atoms with Crippen LogP contribution in [0.3, 0.4) is 0 Å². The molecule has 2 aromatic rings. The molecule has 0 bridgehead atoms. The topological polar surface area (TPSA) is 70.5 Å². The summed E-state index contributed by atoms with van der Waals surface area (Å²) < 4.78 is 26.3. The van der Waals surface area contributed by atoms with Gasteiger partial charge in [-0.3, -0.25) is 9.29 Å². The lowest BCUT2D eigenvalue weighted by molar-refractivity contribution is 0.350. The Morgan fingerprint density at radius 1 is 1.29 bits per heavy atom. The van der Waals surface area contributed by atoms with Crippen LogP contribution in [0, 0.1) is 11.8 Å². The van der Waals surface area contributed by atoms with Gasteiger partial charge in [0.05, 0.1) is 16.8 Å². The van der Waals surface area contributed by atoms with Crippen LogP contribution in [0.1, 0.15) is 5.56 Å². The van der Waals surface area contributed by atoms with Crippen molar-refractivity contribution in [3.05, 3.63) is 54.4 Å². The first-order valence-corrected chi connectivity index (χ1v) is 7.58. The van der Waals surface area contributed by atoms with Gasteiger partial charge < -0.3 is 5.11 Å². The Bertz CT molecular complexity index is 777. The van der Waals surface area contributed by atoms with E-state index in [-0.39, 0.29) is 11.5 Å². The first-order valence-electron chi connectivity index (χ1n) is 6.14.